The van der Waals surface area contributed by atoms with E-state index in [4.69, 9.17) is 4.74 Å². The van der Waals surface area contributed by atoms with Crippen LogP contribution in [0.1, 0.15) is 20.3 Å². The Morgan fingerprint density at radius 3 is 2.61 bits per heavy atom. The van der Waals surface area contributed by atoms with Crippen LogP contribution in [0.3, 0.4) is 0 Å². The van der Waals surface area contributed by atoms with E-state index in [1.807, 2.05) is 6.07 Å². The monoisotopic (exact) mass is 406 g/mol. The lowest BCUT2D eigenvalue weighted by Crippen LogP contribution is -2.61. The molecule has 2 heterocycles. The summed E-state index contributed by atoms with van der Waals surface area (Å²) in [6, 6.07) is 8.60. The van der Waals surface area contributed by atoms with Crippen LogP contribution in [0.2, 0.25) is 0 Å². The summed E-state index contributed by atoms with van der Waals surface area (Å²) >= 11 is 1.19. The number of β-lactam (4-membered cyclic amide) rings is 1. The van der Waals surface area contributed by atoms with Gasteiger partial charge in [-0.3, -0.25) is 9.59 Å². The molecule has 1 unspecified atom stereocenters. The van der Waals surface area contributed by atoms with Crippen LogP contribution >= 0.6 is 11.8 Å². The molecular weight excluding hydrogens is 384 g/mol. The average Bonchev–Trinajstić information content (AvgIpc) is 2.94. The number of aliphatic hydroxyl groups excluding tert-OH is 1. The molecule has 1 fully saturated rings. The third kappa shape index (κ3) is 4.00. The maximum Gasteiger partial charge on any atom is 0.353 e. The van der Waals surface area contributed by atoms with E-state index in [-0.39, 0.29) is 30.2 Å². The van der Waals surface area contributed by atoms with Crippen LogP contribution < -0.4 is 10.1 Å². The number of ether oxygens (including phenoxy) is 1. The Morgan fingerprint density at radius 1 is 1.32 bits per heavy atom. The second kappa shape index (κ2) is 8.24. The number of hydrogen-bond acceptors (Lipinski definition) is 6. The van der Waals surface area contributed by atoms with Crippen LogP contribution in [0.4, 0.5) is 0 Å². The summed E-state index contributed by atoms with van der Waals surface area (Å²) in [5.74, 6) is -1.90. The number of fused-ring (bicyclic) bond motifs is 1. The Balaban J connectivity index is 1.58. The molecule has 0 aromatic heterocycles. The van der Waals surface area contributed by atoms with Gasteiger partial charge in [0.2, 0.25) is 5.91 Å². The van der Waals surface area contributed by atoms with Crippen LogP contribution in [0.15, 0.2) is 40.9 Å². The van der Waals surface area contributed by atoms with Gasteiger partial charge in [-0.05, 0) is 26.0 Å². The first kappa shape index (κ1) is 20.2. The molecule has 9 heteroatoms. The van der Waals surface area contributed by atoms with Crippen molar-refractivity contribution in [2.45, 2.75) is 37.8 Å². The summed E-state index contributed by atoms with van der Waals surface area (Å²) in [5.41, 5.74) is -0.0569. The lowest BCUT2D eigenvalue weighted by atomic mass is 9.83. The van der Waals surface area contributed by atoms with E-state index in [9.17, 15) is 24.6 Å². The van der Waals surface area contributed by atoms with Crippen molar-refractivity contribution in [3.63, 3.8) is 0 Å². The molecule has 3 rings (SSSR count). The van der Waals surface area contributed by atoms with Crippen molar-refractivity contribution in [1.82, 2.24) is 10.2 Å². The topological polar surface area (TPSA) is 116 Å². The van der Waals surface area contributed by atoms with Crippen molar-refractivity contribution >= 4 is 29.5 Å². The molecule has 2 aliphatic heterocycles. The first-order chi connectivity index (χ1) is 13.3. The molecule has 150 valence electrons. The largest absolute Gasteiger partial charge is 0.484 e. The Morgan fingerprint density at radius 2 is 2.00 bits per heavy atom. The normalized spacial score (nSPS) is 23.0. The molecule has 0 aliphatic carbocycles. The van der Waals surface area contributed by atoms with Crippen molar-refractivity contribution in [1.29, 1.82) is 0 Å². The number of benzene rings is 1. The standard InChI is InChI=1S/C19H22N2O6S/c1-10(22)16-13-8-14(17(19(25)26)21(13)18(16)24)28-11(2)20-15(23)9-27-12-6-4-3-5-7-12/h3-7,10-11,13,16,22H,8-9H2,1-2H3,(H,20,23)(H,25,26)/t10-,11?,13+,16+/m0/s1. The van der Waals surface area contributed by atoms with Gasteiger partial charge in [-0.2, -0.15) is 0 Å². The zero-order valence-electron chi connectivity index (χ0n) is 15.5. The minimum atomic E-state index is -1.19. The van der Waals surface area contributed by atoms with E-state index < -0.39 is 23.4 Å². The molecule has 3 N–H and O–H groups in total. The molecule has 1 aromatic rings. The van der Waals surface area contributed by atoms with Crippen molar-refractivity contribution in [3.05, 3.63) is 40.9 Å². The predicted molar refractivity (Wildman–Crippen MR) is 102 cm³/mol. The summed E-state index contributed by atoms with van der Waals surface area (Å²) in [4.78, 5) is 37.7. The number of aliphatic hydroxyl groups is 1. The molecule has 28 heavy (non-hydrogen) atoms. The van der Waals surface area contributed by atoms with Gasteiger partial charge < -0.3 is 25.2 Å². The lowest BCUT2D eigenvalue weighted by molar-refractivity contribution is -0.161. The number of amides is 2. The maximum atomic E-state index is 12.2. The zero-order valence-corrected chi connectivity index (χ0v) is 16.3. The molecule has 1 saturated heterocycles. The Kier molecular flexibility index (Phi) is 5.95. The number of para-hydroxylation sites is 1. The Labute approximate surface area is 166 Å². The second-order valence-electron chi connectivity index (χ2n) is 6.75. The fraction of sp³-hybridized carbons (Fsp3) is 0.421. The van der Waals surface area contributed by atoms with Gasteiger partial charge in [0.1, 0.15) is 11.4 Å². The van der Waals surface area contributed by atoms with Crippen molar-refractivity contribution in [2.24, 2.45) is 5.92 Å². The quantitative estimate of drug-likeness (QED) is 0.438. The highest BCUT2D eigenvalue weighted by molar-refractivity contribution is 8.03. The molecular formula is C19H22N2O6S. The number of rotatable bonds is 8. The van der Waals surface area contributed by atoms with Crippen LogP contribution in [-0.4, -0.2) is 57.0 Å². The Bertz CT molecular complexity index is 810. The number of carbonyl (C=O) groups is 3. The minimum absolute atomic E-state index is 0.0569. The number of carboxylic acids is 1. The molecule has 2 amide bonds. The lowest BCUT2D eigenvalue weighted by Gasteiger charge is -2.44. The highest BCUT2D eigenvalue weighted by atomic mass is 32.2. The average molecular weight is 406 g/mol. The minimum Gasteiger partial charge on any atom is -0.484 e. The van der Waals surface area contributed by atoms with E-state index in [0.717, 1.165) is 0 Å². The van der Waals surface area contributed by atoms with Gasteiger partial charge in [0.25, 0.3) is 5.91 Å². The van der Waals surface area contributed by atoms with Crippen molar-refractivity contribution in [2.75, 3.05) is 6.61 Å². The molecule has 1 aromatic carbocycles. The highest BCUT2D eigenvalue weighted by Crippen LogP contribution is 2.47. The van der Waals surface area contributed by atoms with Gasteiger partial charge >= 0.3 is 5.97 Å². The molecule has 8 nitrogen and oxygen atoms in total. The van der Waals surface area contributed by atoms with Crippen LogP contribution in [-0.2, 0) is 14.4 Å². The number of carboxylic acid groups (broad SMARTS) is 1. The smallest absolute Gasteiger partial charge is 0.353 e. The van der Waals surface area contributed by atoms with E-state index in [0.29, 0.717) is 17.1 Å². The van der Waals surface area contributed by atoms with E-state index >= 15 is 0 Å². The number of nitrogens with zero attached hydrogens (tertiary/aromatic N) is 1. The SMILES string of the molecule is CC(NC(=O)COc1ccccc1)SC1=C(C(=O)O)N2C(=O)[C@H]([C@H](C)O)[C@H]2C1. The Hall–Kier alpha value is -2.52. The molecule has 2 aliphatic rings. The number of thioether (sulfide) groups is 1. The number of aliphatic carboxylic acids is 1. The van der Waals surface area contributed by atoms with Crippen LogP contribution in [0, 0.1) is 5.92 Å². The summed E-state index contributed by atoms with van der Waals surface area (Å²) in [6.45, 7) is 3.11. The predicted octanol–water partition coefficient (Wildman–Crippen LogP) is 1.17. The summed E-state index contributed by atoms with van der Waals surface area (Å²) in [7, 11) is 0. The summed E-state index contributed by atoms with van der Waals surface area (Å²) in [6.07, 6.45) is -0.477. The molecule has 0 bridgehead atoms. The molecule has 4 atom stereocenters. The van der Waals surface area contributed by atoms with Gasteiger partial charge in [0.05, 0.1) is 23.4 Å². The van der Waals surface area contributed by atoms with E-state index in [2.05, 4.69) is 5.32 Å². The molecule has 0 spiro atoms. The van der Waals surface area contributed by atoms with Crippen LogP contribution in [0.25, 0.3) is 0 Å². The number of hydrogen-bond donors (Lipinski definition) is 3. The maximum absolute atomic E-state index is 12.2. The number of nitrogens with one attached hydrogen (secondary N) is 1. The van der Waals surface area contributed by atoms with Crippen LogP contribution in [0.5, 0.6) is 5.75 Å². The van der Waals surface area contributed by atoms with Gasteiger partial charge in [-0.25, -0.2) is 4.79 Å². The first-order valence-corrected chi connectivity index (χ1v) is 9.79. The summed E-state index contributed by atoms with van der Waals surface area (Å²) < 4.78 is 5.39. The summed E-state index contributed by atoms with van der Waals surface area (Å²) in [5, 5.41) is 21.6. The van der Waals surface area contributed by atoms with Gasteiger partial charge in [-0.15, -0.1) is 11.8 Å². The van der Waals surface area contributed by atoms with Crippen molar-refractivity contribution in [3.8, 4) is 5.75 Å². The highest BCUT2D eigenvalue weighted by Gasteiger charge is 2.56. The number of carbonyl (C=O) groups excluding carboxylic acids is 2. The van der Waals surface area contributed by atoms with Gasteiger partial charge in [-0.1, -0.05) is 18.2 Å². The first-order valence-electron chi connectivity index (χ1n) is 8.91. The zero-order chi connectivity index (χ0) is 20.4. The fourth-order valence-electron chi connectivity index (χ4n) is 3.51. The van der Waals surface area contributed by atoms with E-state index in [1.165, 1.54) is 23.6 Å². The molecule has 0 radical (unpaired) electrons. The van der Waals surface area contributed by atoms with E-state index in [1.54, 1.807) is 31.2 Å². The van der Waals surface area contributed by atoms with Crippen molar-refractivity contribution < 1.29 is 29.3 Å². The molecule has 0 saturated carbocycles. The van der Waals surface area contributed by atoms with Gasteiger partial charge in [0.15, 0.2) is 6.61 Å². The second-order valence-corrected chi connectivity index (χ2v) is 8.19. The third-order valence-corrected chi connectivity index (χ3v) is 5.80. The fourth-order valence-corrected chi connectivity index (χ4v) is 4.69. The third-order valence-electron chi connectivity index (χ3n) is 4.69. The van der Waals surface area contributed by atoms with Gasteiger partial charge in [0, 0.05) is 11.3 Å².